The van der Waals surface area contributed by atoms with Gasteiger partial charge in [0, 0.05) is 10.7 Å². The van der Waals surface area contributed by atoms with Gasteiger partial charge < -0.3 is 5.73 Å². The Morgan fingerprint density at radius 2 is 1.59 bits per heavy atom. The number of nitrogens with two attached hydrogens (primary N) is 1. The lowest BCUT2D eigenvalue weighted by Crippen LogP contribution is -2.43. The van der Waals surface area contributed by atoms with Crippen molar-refractivity contribution in [1.29, 1.82) is 0 Å². The maximum atomic E-state index is 12.4. The van der Waals surface area contributed by atoms with Crippen LogP contribution in [0.1, 0.15) is 51.9 Å². The fourth-order valence-corrected chi connectivity index (χ4v) is 8.76. The predicted molar refractivity (Wildman–Crippen MR) is 99.0 cm³/mol. The molecule has 22 heavy (non-hydrogen) atoms. The summed E-state index contributed by atoms with van der Waals surface area (Å²) in [4.78, 5) is 12.4. The molecule has 0 atom stereocenters. The molecule has 0 heterocycles. The van der Waals surface area contributed by atoms with Crippen molar-refractivity contribution in [1.82, 2.24) is 0 Å². The third kappa shape index (κ3) is 3.74. The lowest BCUT2D eigenvalue weighted by Gasteiger charge is -2.37. The Balaban J connectivity index is 3.29. The van der Waals surface area contributed by atoms with Crippen molar-refractivity contribution < 1.29 is 4.79 Å². The van der Waals surface area contributed by atoms with Crippen LogP contribution in [0.3, 0.4) is 0 Å². The van der Waals surface area contributed by atoms with Gasteiger partial charge in [0.05, 0.1) is 5.56 Å². The molecule has 0 aliphatic carbocycles. The van der Waals surface area contributed by atoms with Crippen LogP contribution < -0.4 is 5.73 Å². The van der Waals surface area contributed by atoms with Crippen LogP contribution in [0.2, 0.25) is 21.6 Å². The van der Waals surface area contributed by atoms with Crippen LogP contribution in [0.25, 0.3) is 0 Å². The number of hydrogen-bond acceptors (Lipinski definition) is 2. The number of anilines is 1. The Morgan fingerprint density at radius 1 is 1.09 bits per heavy atom. The van der Waals surface area contributed by atoms with Gasteiger partial charge in [0.1, 0.15) is 8.07 Å². The highest BCUT2D eigenvalue weighted by Crippen LogP contribution is 2.40. The zero-order valence-electron chi connectivity index (χ0n) is 14.3. The van der Waals surface area contributed by atoms with Crippen molar-refractivity contribution in [3.05, 3.63) is 28.8 Å². The number of carbonyl (C=O) groups is 1. The van der Waals surface area contributed by atoms with E-state index < -0.39 is 8.07 Å². The van der Waals surface area contributed by atoms with Crippen LogP contribution in [0.15, 0.2) is 18.2 Å². The minimum Gasteiger partial charge on any atom is -0.398 e. The molecule has 0 aliphatic heterocycles. The van der Waals surface area contributed by atoms with Crippen molar-refractivity contribution in [2.45, 2.75) is 58.2 Å². The smallest absolute Gasteiger partial charge is 0.237 e. The lowest BCUT2D eigenvalue weighted by atomic mass is 10.1. The van der Waals surface area contributed by atoms with E-state index in [1.165, 1.54) is 0 Å². The molecule has 0 radical (unpaired) electrons. The molecule has 1 rings (SSSR count). The summed E-state index contributed by atoms with van der Waals surface area (Å²) < 4.78 is 0. The second kappa shape index (κ2) is 7.35. The van der Waals surface area contributed by atoms with Crippen molar-refractivity contribution in [3.8, 4) is 11.5 Å². The van der Waals surface area contributed by atoms with Crippen molar-refractivity contribution in [2.75, 3.05) is 5.73 Å². The number of carbonyl (C=O) groups excluding carboxylic acids is 1. The molecule has 2 N–H and O–H groups in total. The molecule has 0 bridgehead atoms. The molecule has 0 aliphatic rings. The van der Waals surface area contributed by atoms with Gasteiger partial charge in [-0.3, -0.25) is 4.79 Å². The zero-order chi connectivity index (χ0) is 17.1. The summed E-state index contributed by atoms with van der Waals surface area (Å²) in [7, 11) is -1.91. The first-order valence-electron chi connectivity index (χ1n) is 7.75. The number of rotatable bonds is 4. The summed E-state index contributed by atoms with van der Waals surface area (Å²) in [6, 6.07) is 4.92. The SMILES string of the molecule is CC(C)[Si](C#CC(=O)c1cc(Cl)ccc1N)(C(C)C)C(C)C. The zero-order valence-corrected chi connectivity index (χ0v) is 16.1. The van der Waals surface area contributed by atoms with E-state index >= 15 is 0 Å². The Kier molecular flexibility index (Phi) is 6.28. The van der Waals surface area contributed by atoms with Gasteiger partial charge in [-0.05, 0) is 40.7 Å². The first-order valence-corrected chi connectivity index (χ1v) is 10.4. The minimum atomic E-state index is -1.91. The van der Waals surface area contributed by atoms with Crippen LogP contribution in [-0.4, -0.2) is 13.9 Å². The Hall–Kier alpha value is -1.24. The molecule has 0 saturated heterocycles. The van der Waals surface area contributed by atoms with E-state index in [2.05, 4.69) is 53.0 Å². The number of ketones is 1. The van der Waals surface area contributed by atoms with Crippen molar-refractivity contribution in [2.24, 2.45) is 0 Å². The monoisotopic (exact) mass is 335 g/mol. The second-order valence-electron chi connectivity index (χ2n) is 6.71. The van der Waals surface area contributed by atoms with E-state index in [1.54, 1.807) is 18.2 Å². The van der Waals surface area contributed by atoms with Gasteiger partial charge in [-0.2, -0.15) is 0 Å². The summed E-state index contributed by atoms with van der Waals surface area (Å²) in [6.45, 7) is 13.3. The van der Waals surface area contributed by atoms with E-state index in [-0.39, 0.29) is 5.78 Å². The summed E-state index contributed by atoms with van der Waals surface area (Å²) in [6.07, 6.45) is 0. The molecule has 0 fully saturated rings. The average molecular weight is 336 g/mol. The van der Waals surface area contributed by atoms with Gasteiger partial charge in [0.2, 0.25) is 5.78 Å². The fourth-order valence-electron chi connectivity index (χ4n) is 3.39. The minimum absolute atomic E-state index is 0.237. The number of halogens is 1. The van der Waals surface area contributed by atoms with Gasteiger partial charge in [0.15, 0.2) is 0 Å². The molecule has 1 aromatic rings. The number of hydrogen-bond donors (Lipinski definition) is 1. The maximum Gasteiger partial charge on any atom is 0.237 e. The van der Waals surface area contributed by atoms with Gasteiger partial charge in [-0.25, -0.2) is 0 Å². The normalized spacial score (nSPS) is 11.7. The second-order valence-corrected chi connectivity index (χ2v) is 12.7. The van der Waals surface area contributed by atoms with Gasteiger partial charge >= 0.3 is 0 Å². The standard InChI is InChI=1S/C18H26ClNOSi/c1-12(2)22(13(3)4,14(5)6)10-9-18(21)16-11-15(19)7-8-17(16)20/h7-8,11-14H,20H2,1-6H3. The largest absolute Gasteiger partial charge is 0.398 e. The number of nitrogen functional groups attached to an aromatic ring is 1. The van der Waals surface area contributed by atoms with Crippen LogP contribution in [-0.2, 0) is 0 Å². The van der Waals surface area contributed by atoms with E-state index in [0.29, 0.717) is 32.9 Å². The molecule has 1 aromatic carbocycles. The highest BCUT2D eigenvalue weighted by molar-refractivity contribution is 6.90. The first kappa shape index (κ1) is 18.8. The highest BCUT2D eigenvalue weighted by Gasteiger charge is 2.41. The third-order valence-electron chi connectivity index (χ3n) is 4.52. The summed E-state index contributed by atoms with van der Waals surface area (Å²) in [5, 5.41) is 0.499. The molecule has 0 spiro atoms. The molecule has 0 saturated carbocycles. The van der Waals surface area contributed by atoms with E-state index in [4.69, 9.17) is 17.3 Å². The van der Waals surface area contributed by atoms with Crippen molar-refractivity contribution in [3.63, 3.8) is 0 Å². The number of benzene rings is 1. The van der Waals surface area contributed by atoms with E-state index in [1.807, 2.05) is 0 Å². The van der Waals surface area contributed by atoms with Gasteiger partial charge in [-0.1, -0.05) is 53.1 Å². The highest BCUT2D eigenvalue weighted by atomic mass is 35.5. The topological polar surface area (TPSA) is 43.1 Å². The summed E-state index contributed by atoms with van der Waals surface area (Å²) in [5.41, 5.74) is 11.6. The van der Waals surface area contributed by atoms with E-state index in [9.17, 15) is 4.79 Å². The van der Waals surface area contributed by atoms with E-state index in [0.717, 1.165) is 0 Å². The predicted octanol–water partition coefficient (Wildman–Crippen LogP) is 5.33. The fraction of sp³-hybridized carbons (Fsp3) is 0.500. The van der Waals surface area contributed by atoms with Crippen molar-refractivity contribution >= 4 is 31.1 Å². The molecule has 0 aromatic heterocycles. The Morgan fingerprint density at radius 3 is 2.05 bits per heavy atom. The van der Waals surface area contributed by atoms with Gasteiger partial charge in [-0.15, -0.1) is 5.54 Å². The van der Waals surface area contributed by atoms with Crippen LogP contribution in [0, 0.1) is 11.5 Å². The van der Waals surface area contributed by atoms with Crippen LogP contribution >= 0.6 is 11.6 Å². The number of Topliss-reactive ketones (excluding diaryl/α,β-unsaturated/α-hetero) is 1. The molecule has 2 nitrogen and oxygen atoms in total. The maximum absolute atomic E-state index is 12.4. The summed E-state index contributed by atoms with van der Waals surface area (Å²) >= 11 is 5.96. The molecule has 4 heteroatoms. The Labute approximate surface area is 140 Å². The average Bonchev–Trinajstić information content (AvgIpc) is 2.40. The first-order chi connectivity index (χ1) is 10.1. The van der Waals surface area contributed by atoms with Crippen LogP contribution in [0.4, 0.5) is 5.69 Å². The third-order valence-corrected chi connectivity index (χ3v) is 11.0. The van der Waals surface area contributed by atoms with Crippen LogP contribution in [0.5, 0.6) is 0 Å². The lowest BCUT2D eigenvalue weighted by molar-refractivity contribution is 0.105. The molecule has 0 amide bonds. The van der Waals surface area contributed by atoms with Gasteiger partial charge in [0.25, 0.3) is 0 Å². The quantitative estimate of drug-likeness (QED) is 0.350. The Bertz CT molecular complexity index is 589. The molecular weight excluding hydrogens is 310 g/mol. The molecule has 120 valence electrons. The molecular formula is C18H26ClNOSi. The summed E-state index contributed by atoms with van der Waals surface area (Å²) in [5.74, 6) is 2.65. The molecule has 0 unspecified atom stereocenters.